The van der Waals surface area contributed by atoms with E-state index in [1.54, 1.807) is 0 Å². The fraction of sp³-hybridized carbons (Fsp3) is 0.625. The van der Waals surface area contributed by atoms with Crippen LogP contribution in [0.25, 0.3) is 0 Å². The highest BCUT2D eigenvalue weighted by Crippen LogP contribution is 2.37. The molecule has 18 heavy (non-hydrogen) atoms. The molecule has 0 bridgehead atoms. The Hall–Kier alpha value is -0.470. The zero-order valence-corrected chi connectivity index (χ0v) is 12.8. The molecule has 2 rings (SSSR count). The number of hydrogen-bond donors (Lipinski definition) is 0. The Morgan fingerprint density at radius 2 is 2.00 bits per heavy atom. The van der Waals surface area contributed by atoms with Gasteiger partial charge in [-0.3, -0.25) is 0 Å². The van der Waals surface area contributed by atoms with E-state index in [0.717, 1.165) is 11.2 Å². The van der Waals surface area contributed by atoms with Gasteiger partial charge in [0.05, 0.1) is 0 Å². The minimum Gasteiger partial charge on any atom is -0.303 e. The van der Waals surface area contributed by atoms with Crippen LogP contribution >= 0.6 is 11.8 Å². The molecule has 1 aliphatic heterocycles. The Balaban J connectivity index is 1.85. The van der Waals surface area contributed by atoms with E-state index in [9.17, 15) is 0 Å². The van der Waals surface area contributed by atoms with Gasteiger partial charge in [-0.05, 0) is 44.4 Å². The molecule has 0 N–H and O–H groups in total. The molecule has 0 aliphatic carbocycles. The van der Waals surface area contributed by atoms with Gasteiger partial charge in [0.25, 0.3) is 0 Å². The van der Waals surface area contributed by atoms with Gasteiger partial charge in [-0.1, -0.05) is 32.0 Å². The van der Waals surface area contributed by atoms with Crippen LogP contribution in [0.1, 0.15) is 32.8 Å². The third kappa shape index (κ3) is 3.52. The van der Waals surface area contributed by atoms with Gasteiger partial charge < -0.3 is 4.90 Å². The fourth-order valence-corrected chi connectivity index (χ4v) is 4.11. The molecule has 1 aliphatic rings. The van der Waals surface area contributed by atoms with Crippen LogP contribution in [0, 0.1) is 5.92 Å². The number of nitrogens with zero attached hydrogens (tertiary/aromatic N) is 1. The van der Waals surface area contributed by atoms with Crippen LogP contribution < -0.4 is 0 Å². The topological polar surface area (TPSA) is 3.24 Å². The van der Waals surface area contributed by atoms with E-state index in [-0.39, 0.29) is 0 Å². The second kappa shape index (κ2) is 6.12. The first-order valence-electron chi connectivity index (χ1n) is 7.01. The van der Waals surface area contributed by atoms with Gasteiger partial charge in [0.1, 0.15) is 0 Å². The lowest BCUT2D eigenvalue weighted by atomic mass is 10.0. The molecule has 1 aromatic carbocycles. The van der Waals surface area contributed by atoms with Crippen LogP contribution in [0.3, 0.4) is 0 Å². The summed E-state index contributed by atoms with van der Waals surface area (Å²) in [6.07, 6.45) is 2.53. The number of fused-ring (bicyclic) bond motifs is 1. The molecule has 2 heteroatoms. The van der Waals surface area contributed by atoms with Crippen LogP contribution in [0.5, 0.6) is 0 Å². The summed E-state index contributed by atoms with van der Waals surface area (Å²) in [5.41, 5.74) is 1.54. The van der Waals surface area contributed by atoms with E-state index in [1.807, 2.05) is 0 Å². The summed E-state index contributed by atoms with van der Waals surface area (Å²) in [6, 6.07) is 9.54. The minimum absolute atomic E-state index is 0.689. The van der Waals surface area contributed by atoms with Crippen molar-refractivity contribution < 1.29 is 0 Å². The molecule has 0 radical (unpaired) electrons. The first-order valence-corrected chi connectivity index (χ1v) is 7.89. The highest BCUT2D eigenvalue weighted by Gasteiger charge is 2.24. The largest absolute Gasteiger partial charge is 0.303 e. The van der Waals surface area contributed by atoms with Crippen molar-refractivity contribution in [3.8, 4) is 0 Å². The smallest absolute Gasteiger partial charge is 0.0263 e. The van der Waals surface area contributed by atoms with Gasteiger partial charge in [0.15, 0.2) is 0 Å². The molecule has 2 atom stereocenters. The van der Waals surface area contributed by atoms with Crippen LogP contribution in [-0.4, -0.2) is 29.8 Å². The zero-order chi connectivity index (χ0) is 13.1. The Kier molecular flexibility index (Phi) is 4.74. The fourth-order valence-electron chi connectivity index (χ4n) is 2.72. The van der Waals surface area contributed by atoms with Crippen molar-refractivity contribution in [2.75, 3.05) is 13.6 Å². The third-order valence-electron chi connectivity index (χ3n) is 3.77. The quantitative estimate of drug-likeness (QED) is 0.788. The molecular weight excluding hydrogens is 238 g/mol. The number of benzene rings is 1. The van der Waals surface area contributed by atoms with Crippen molar-refractivity contribution >= 4 is 11.8 Å². The Morgan fingerprint density at radius 1 is 1.28 bits per heavy atom. The predicted molar refractivity (Wildman–Crippen MR) is 81.3 cm³/mol. The standard InChI is InChI=1S/C16H25NS/c1-12(2)9-13(3)17(4)11-15-10-14-7-5-6-8-16(14)18-15/h5-8,12-13,15H,9-11H2,1-4H3. The van der Waals surface area contributed by atoms with Crippen molar-refractivity contribution in [1.82, 2.24) is 4.90 Å². The van der Waals surface area contributed by atoms with Crippen molar-refractivity contribution in [3.63, 3.8) is 0 Å². The average Bonchev–Trinajstić information content (AvgIpc) is 2.69. The Bertz CT molecular complexity index is 363. The molecule has 0 amide bonds. The molecule has 100 valence electrons. The maximum Gasteiger partial charge on any atom is 0.0263 e. The SMILES string of the molecule is CC(C)CC(C)N(C)CC1Cc2ccccc2S1. The molecule has 1 aromatic rings. The van der Waals surface area contributed by atoms with Gasteiger partial charge in [-0.2, -0.15) is 0 Å². The summed E-state index contributed by atoms with van der Waals surface area (Å²) in [4.78, 5) is 4.02. The van der Waals surface area contributed by atoms with E-state index in [4.69, 9.17) is 0 Å². The lowest BCUT2D eigenvalue weighted by Crippen LogP contribution is -2.35. The van der Waals surface area contributed by atoms with E-state index in [2.05, 4.69) is 68.7 Å². The lowest BCUT2D eigenvalue weighted by molar-refractivity contribution is 0.229. The molecule has 0 saturated heterocycles. The predicted octanol–water partition coefficient (Wildman–Crippen LogP) is 4.07. The van der Waals surface area contributed by atoms with Crippen LogP contribution in [0.2, 0.25) is 0 Å². The van der Waals surface area contributed by atoms with Gasteiger partial charge in [-0.15, -0.1) is 11.8 Å². The Morgan fingerprint density at radius 3 is 2.67 bits per heavy atom. The lowest BCUT2D eigenvalue weighted by Gasteiger charge is -2.28. The third-order valence-corrected chi connectivity index (χ3v) is 5.07. The van der Waals surface area contributed by atoms with Gasteiger partial charge in [0.2, 0.25) is 0 Å². The second-order valence-corrected chi connectivity index (χ2v) is 7.31. The molecule has 2 unspecified atom stereocenters. The van der Waals surface area contributed by atoms with E-state index in [1.165, 1.54) is 29.8 Å². The first-order chi connectivity index (χ1) is 8.56. The molecule has 0 aromatic heterocycles. The monoisotopic (exact) mass is 263 g/mol. The van der Waals surface area contributed by atoms with Crippen molar-refractivity contribution in [3.05, 3.63) is 29.8 Å². The maximum absolute atomic E-state index is 2.53. The number of rotatable bonds is 5. The summed E-state index contributed by atoms with van der Waals surface area (Å²) in [5.74, 6) is 0.788. The first kappa shape index (κ1) is 14.0. The van der Waals surface area contributed by atoms with Crippen LogP contribution in [-0.2, 0) is 6.42 Å². The highest BCUT2D eigenvalue weighted by molar-refractivity contribution is 8.00. The summed E-state index contributed by atoms with van der Waals surface area (Å²) in [5, 5.41) is 0.738. The van der Waals surface area contributed by atoms with Gasteiger partial charge >= 0.3 is 0 Å². The minimum atomic E-state index is 0.689. The molecule has 0 fully saturated rings. The summed E-state index contributed by atoms with van der Waals surface area (Å²) < 4.78 is 0. The van der Waals surface area contributed by atoms with Crippen LogP contribution in [0.4, 0.5) is 0 Å². The zero-order valence-electron chi connectivity index (χ0n) is 12.0. The Labute approximate surface area is 116 Å². The van der Waals surface area contributed by atoms with E-state index in [0.29, 0.717) is 6.04 Å². The normalized spacial score (nSPS) is 20.4. The highest BCUT2D eigenvalue weighted by atomic mass is 32.2. The molecular formula is C16H25NS. The summed E-state index contributed by atoms with van der Waals surface area (Å²) >= 11 is 2.06. The van der Waals surface area contributed by atoms with Gasteiger partial charge in [0, 0.05) is 22.7 Å². The summed E-state index contributed by atoms with van der Waals surface area (Å²) in [6.45, 7) is 8.18. The summed E-state index contributed by atoms with van der Waals surface area (Å²) in [7, 11) is 2.27. The van der Waals surface area contributed by atoms with Crippen molar-refractivity contribution in [2.24, 2.45) is 5.92 Å². The molecule has 1 heterocycles. The van der Waals surface area contributed by atoms with Crippen LogP contribution in [0.15, 0.2) is 29.2 Å². The van der Waals surface area contributed by atoms with Crippen molar-refractivity contribution in [1.29, 1.82) is 0 Å². The number of hydrogen-bond acceptors (Lipinski definition) is 2. The number of thioether (sulfide) groups is 1. The van der Waals surface area contributed by atoms with Gasteiger partial charge in [-0.25, -0.2) is 0 Å². The van der Waals surface area contributed by atoms with E-state index >= 15 is 0 Å². The molecule has 0 saturated carbocycles. The molecule has 1 nitrogen and oxygen atoms in total. The van der Waals surface area contributed by atoms with Crippen molar-refractivity contribution in [2.45, 2.75) is 49.8 Å². The second-order valence-electron chi connectivity index (χ2n) is 5.97. The maximum atomic E-state index is 2.53. The molecule has 0 spiro atoms. The average molecular weight is 263 g/mol. The van der Waals surface area contributed by atoms with E-state index < -0.39 is 0 Å².